The van der Waals surface area contributed by atoms with Crippen molar-refractivity contribution < 1.29 is 4.92 Å². The second-order valence-electron chi connectivity index (χ2n) is 3.84. The van der Waals surface area contributed by atoms with Crippen molar-refractivity contribution >= 4 is 27.3 Å². The SMILES string of the molecule is CCN(c1c(Br)cncc1[N+](=O)[O-])C1CNC1. The Morgan fingerprint density at radius 2 is 2.35 bits per heavy atom. The minimum absolute atomic E-state index is 0.0492. The van der Waals surface area contributed by atoms with Gasteiger partial charge < -0.3 is 10.2 Å². The molecule has 0 radical (unpaired) electrons. The first-order valence-corrected chi connectivity index (χ1v) is 6.19. The van der Waals surface area contributed by atoms with Gasteiger partial charge in [-0.15, -0.1) is 0 Å². The van der Waals surface area contributed by atoms with E-state index in [1.54, 1.807) is 6.20 Å². The lowest BCUT2D eigenvalue weighted by Gasteiger charge is -2.39. The van der Waals surface area contributed by atoms with Crippen LogP contribution in [-0.2, 0) is 0 Å². The van der Waals surface area contributed by atoms with Crippen LogP contribution in [0.1, 0.15) is 6.92 Å². The van der Waals surface area contributed by atoms with Gasteiger partial charge >= 0.3 is 5.69 Å². The summed E-state index contributed by atoms with van der Waals surface area (Å²) in [4.78, 5) is 16.5. The zero-order chi connectivity index (χ0) is 12.4. The molecule has 0 bridgehead atoms. The molecule has 17 heavy (non-hydrogen) atoms. The van der Waals surface area contributed by atoms with Gasteiger partial charge in [0.15, 0.2) is 0 Å². The van der Waals surface area contributed by atoms with Crippen LogP contribution >= 0.6 is 15.9 Å². The Bertz CT molecular complexity index is 436. The fourth-order valence-electron chi connectivity index (χ4n) is 1.93. The van der Waals surface area contributed by atoms with Crippen molar-refractivity contribution in [2.45, 2.75) is 13.0 Å². The molecule has 7 heteroatoms. The Balaban J connectivity index is 2.43. The van der Waals surface area contributed by atoms with Crippen LogP contribution in [0.4, 0.5) is 11.4 Å². The third-order valence-electron chi connectivity index (χ3n) is 2.88. The van der Waals surface area contributed by atoms with Crippen LogP contribution in [0.15, 0.2) is 16.9 Å². The molecule has 1 aromatic heterocycles. The summed E-state index contributed by atoms with van der Waals surface area (Å²) in [5.74, 6) is 0. The van der Waals surface area contributed by atoms with Crippen LogP contribution in [-0.4, -0.2) is 35.6 Å². The Labute approximate surface area is 107 Å². The number of nitro groups is 1. The highest BCUT2D eigenvalue weighted by Gasteiger charge is 2.30. The molecule has 2 heterocycles. The zero-order valence-corrected chi connectivity index (χ0v) is 11.0. The molecule has 0 saturated carbocycles. The summed E-state index contributed by atoms with van der Waals surface area (Å²) in [6.07, 6.45) is 2.89. The highest BCUT2D eigenvalue weighted by atomic mass is 79.9. The number of hydrogen-bond donors (Lipinski definition) is 1. The molecule has 1 fully saturated rings. The summed E-state index contributed by atoms with van der Waals surface area (Å²) in [6, 6.07) is 0.317. The molecule has 1 aliphatic heterocycles. The normalized spacial score (nSPS) is 15.4. The van der Waals surface area contributed by atoms with Gasteiger partial charge in [0.1, 0.15) is 11.9 Å². The van der Waals surface area contributed by atoms with Crippen LogP contribution < -0.4 is 10.2 Å². The van der Waals surface area contributed by atoms with Crippen LogP contribution in [0, 0.1) is 10.1 Å². The number of aromatic nitrogens is 1. The lowest BCUT2D eigenvalue weighted by atomic mass is 10.1. The fourth-order valence-corrected chi connectivity index (χ4v) is 2.48. The van der Waals surface area contributed by atoms with Crippen LogP contribution in [0.25, 0.3) is 0 Å². The quantitative estimate of drug-likeness (QED) is 0.675. The Morgan fingerprint density at radius 1 is 1.65 bits per heavy atom. The smallest absolute Gasteiger partial charge is 0.311 e. The lowest BCUT2D eigenvalue weighted by Crippen LogP contribution is -2.57. The van der Waals surface area contributed by atoms with E-state index in [-0.39, 0.29) is 10.6 Å². The van der Waals surface area contributed by atoms with Crippen molar-refractivity contribution in [3.63, 3.8) is 0 Å². The number of hydrogen-bond acceptors (Lipinski definition) is 5. The molecule has 6 nitrogen and oxygen atoms in total. The second-order valence-corrected chi connectivity index (χ2v) is 4.70. The summed E-state index contributed by atoms with van der Waals surface area (Å²) in [6.45, 7) is 4.45. The Morgan fingerprint density at radius 3 is 2.82 bits per heavy atom. The molecule has 1 N–H and O–H groups in total. The Kier molecular flexibility index (Phi) is 3.58. The molecule has 2 rings (SSSR count). The molecular weight excluding hydrogens is 288 g/mol. The van der Waals surface area contributed by atoms with Gasteiger partial charge in [-0.05, 0) is 22.9 Å². The van der Waals surface area contributed by atoms with Crippen molar-refractivity contribution in [3.05, 3.63) is 27.0 Å². The van der Waals surface area contributed by atoms with Gasteiger partial charge in [-0.25, -0.2) is 0 Å². The maximum absolute atomic E-state index is 11.0. The highest BCUT2D eigenvalue weighted by molar-refractivity contribution is 9.10. The minimum Gasteiger partial charge on any atom is -0.360 e. The topological polar surface area (TPSA) is 71.3 Å². The third kappa shape index (κ3) is 2.25. The van der Waals surface area contributed by atoms with Gasteiger partial charge in [0.2, 0.25) is 0 Å². The summed E-state index contributed by atoms with van der Waals surface area (Å²) >= 11 is 3.35. The molecule has 1 aromatic rings. The average molecular weight is 301 g/mol. The minimum atomic E-state index is -0.387. The first kappa shape index (κ1) is 12.3. The molecule has 1 aliphatic rings. The number of pyridine rings is 1. The zero-order valence-electron chi connectivity index (χ0n) is 9.39. The lowest BCUT2D eigenvalue weighted by molar-refractivity contribution is -0.384. The van der Waals surface area contributed by atoms with Crippen molar-refractivity contribution in [3.8, 4) is 0 Å². The van der Waals surface area contributed by atoms with Gasteiger partial charge in [-0.3, -0.25) is 15.1 Å². The first-order chi connectivity index (χ1) is 8.15. The van der Waals surface area contributed by atoms with E-state index in [9.17, 15) is 10.1 Å². The maximum Gasteiger partial charge on any atom is 0.311 e. The molecule has 92 valence electrons. The van der Waals surface area contributed by atoms with Gasteiger partial charge in [0.05, 0.1) is 15.4 Å². The molecule has 0 spiro atoms. The van der Waals surface area contributed by atoms with E-state index >= 15 is 0 Å². The largest absolute Gasteiger partial charge is 0.360 e. The molecule has 0 aliphatic carbocycles. The molecule has 0 aromatic carbocycles. The number of likely N-dealkylation sites (N-methyl/N-ethyl adjacent to an activating group) is 1. The molecule has 0 unspecified atom stereocenters. The van der Waals surface area contributed by atoms with Crippen LogP contribution in [0.5, 0.6) is 0 Å². The molecule has 0 atom stereocenters. The number of halogens is 1. The van der Waals surface area contributed by atoms with Gasteiger partial charge in [-0.2, -0.15) is 0 Å². The van der Waals surface area contributed by atoms with Crippen LogP contribution in [0.3, 0.4) is 0 Å². The van der Waals surface area contributed by atoms with Gasteiger partial charge in [0, 0.05) is 25.8 Å². The Hall–Kier alpha value is -1.21. The van der Waals surface area contributed by atoms with Crippen molar-refractivity contribution in [2.75, 3.05) is 24.5 Å². The van der Waals surface area contributed by atoms with E-state index in [1.807, 2.05) is 11.8 Å². The first-order valence-electron chi connectivity index (χ1n) is 5.40. The van der Waals surface area contributed by atoms with Crippen LogP contribution in [0.2, 0.25) is 0 Å². The van der Waals surface area contributed by atoms with E-state index < -0.39 is 0 Å². The van der Waals surface area contributed by atoms with Gasteiger partial charge in [-0.1, -0.05) is 0 Å². The van der Waals surface area contributed by atoms with Crippen molar-refractivity contribution in [1.29, 1.82) is 0 Å². The average Bonchev–Trinajstić information content (AvgIpc) is 2.23. The standard InChI is InChI=1S/C10H13BrN4O2/c1-2-14(7-3-12-4-7)10-8(11)5-13-6-9(10)15(16)17/h5-7,12H,2-4H2,1H3. The summed E-state index contributed by atoms with van der Waals surface area (Å²) < 4.78 is 0.667. The predicted octanol–water partition coefficient (Wildman–Crippen LogP) is 1.55. The third-order valence-corrected chi connectivity index (χ3v) is 3.46. The number of anilines is 1. The summed E-state index contributed by atoms with van der Waals surface area (Å²) in [5, 5.41) is 14.2. The highest BCUT2D eigenvalue weighted by Crippen LogP contribution is 2.36. The summed E-state index contributed by atoms with van der Waals surface area (Å²) in [5.41, 5.74) is 0.673. The molecular formula is C10H13BrN4O2. The molecule has 0 amide bonds. The van der Waals surface area contributed by atoms with E-state index in [1.165, 1.54) is 6.20 Å². The van der Waals surface area contributed by atoms with Gasteiger partial charge in [0.25, 0.3) is 0 Å². The van der Waals surface area contributed by atoms with Crippen molar-refractivity contribution in [1.82, 2.24) is 10.3 Å². The number of rotatable bonds is 4. The van der Waals surface area contributed by atoms with Crippen molar-refractivity contribution in [2.24, 2.45) is 0 Å². The monoisotopic (exact) mass is 300 g/mol. The summed E-state index contributed by atoms with van der Waals surface area (Å²) in [7, 11) is 0. The van der Waals surface area contributed by atoms with E-state index in [4.69, 9.17) is 0 Å². The van der Waals surface area contributed by atoms with E-state index in [0.29, 0.717) is 16.2 Å². The van der Waals surface area contributed by atoms with E-state index in [2.05, 4.69) is 26.2 Å². The maximum atomic E-state index is 11.0. The number of nitrogens with one attached hydrogen (secondary N) is 1. The molecule has 1 saturated heterocycles. The second kappa shape index (κ2) is 4.97. The predicted molar refractivity (Wildman–Crippen MR) is 68.3 cm³/mol. The number of nitrogens with zero attached hydrogens (tertiary/aromatic N) is 3. The van der Waals surface area contributed by atoms with E-state index in [0.717, 1.165) is 19.6 Å². The fraction of sp³-hybridized carbons (Fsp3) is 0.500.